The van der Waals surface area contributed by atoms with Crippen molar-refractivity contribution < 1.29 is 9.59 Å². The normalized spacial score (nSPS) is 21.2. The summed E-state index contributed by atoms with van der Waals surface area (Å²) in [5, 5.41) is 1.40. The molecular weight excluding hydrogens is 444 g/mol. The number of hydrogen-bond donors (Lipinski definition) is 1. The number of aryl methyl sites for hydroxylation is 1. The minimum atomic E-state index is -0.343. The van der Waals surface area contributed by atoms with Gasteiger partial charge in [-0.05, 0) is 49.5 Å². The summed E-state index contributed by atoms with van der Waals surface area (Å²) in [5.74, 6) is 0.466. The maximum Gasteiger partial charge on any atom is 0.263 e. The van der Waals surface area contributed by atoms with E-state index in [1.807, 2.05) is 0 Å². The van der Waals surface area contributed by atoms with Crippen molar-refractivity contribution in [3.8, 4) is 0 Å². The molecule has 174 valence electrons. The Labute approximate surface area is 196 Å². The maximum atomic E-state index is 13.5. The Bertz CT molecular complexity index is 1090. The first kappa shape index (κ1) is 23.3. The number of carbonyl (C=O) groups is 2. The number of rotatable bonds is 6. The topological polar surface area (TPSA) is 98.3 Å². The number of primary amides is 1. The molecule has 0 radical (unpaired) electrons. The molecule has 1 fully saturated rings. The molecule has 7 nitrogen and oxygen atoms in total. The Morgan fingerprint density at radius 2 is 2.09 bits per heavy atom. The average Bonchev–Trinajstić information content (AvgIpc) is 3.11. The lowest BCUT2D eigenvalue weighted by Gasteiger charge is -2.31. The molecule has 2 aromatic rings. The van der Waals surface area contributed by atoms with Gasteiger partial charge in [0.1, 0.15) is 4.83 Å². The third-order valence-electron chi connectivity index (χ3n) is 6.43. The molecule has 2 amide bonds. The number of piperidine rings is 1. The average molecular weight is 477 g/mol. The fourth-order valence-corrected chi connectivity index (χ4v) is 7.03. The van der Waals surface area contributed by atoms with E-state index in [0.29, 0.717) is 30.7 Å². The van der Waals surface area contributed by atoms with E-state index < -0.39 is 0 Å². The first-order valence-electron chi connectivity index (χ1n) is 11.5. The van der Waals surface area contributed by atoms with Gasteiger partial charge in [0.15, 0.2) is 5.16 Å². The molecule has 2 atom stereocenters. The number of aromatic nitrogens is 2. The Morgan fingerprint density at radius 1 is 1.31 bits per heavy atom. The number of nitrogens with two attached hydrogens (primary N) is 1. The second-order valence-corrected chi connectivity index (χ2v) is 11.6. The fourth-order valence-electron chi connectivity index (χ4n) is 4.69. The van der Waals surface area contributed by atoms with Gasteiger partial charge in [-0.3, -0.25) is 19.0 Å². The number of hydrogen-bond acceptors (Lipinski definition) is 6. The summed E-state index contributed by atoms with van der Waals surface area (Å²) in [5.41, 5.74) is 6.67. The Hall–Kier alpha value is -1.87. The first-order chi connectivity index (χ1) is 15.2. The lowest BCUT2D eigenvalue weighted by atomic mass is 9.89. The molecule has 2 unspecified atom stereocenters. The highest BCUT2D eigenvalue weighted by atomic mass is 32.2. The molecule has 0 saturated carbocycles. The van der Waals surface area contributed by atoms with E-state index in [1.54, 1.807) is 20.8 Å². The molecule has 2 aromatic heterocycles. The van der Waals surface area contributed by atoms with Gasteiger partial charge in [-0.25, -0.2) is 4.98 Å². The predicted octanol–water partition coefficient (Wildman–Crippen LogP) is 3.05. The lowest BCUT2D eigenvalue weighted by Crippen LogP contribution is -2.44. The SMILES string of the molecule is CC(C)Cn1c(SCC(=O)N2CCCC(C(N)=O)C2)nc2sc3c(c2c1=O)CCC(C)C3. The van der Waals surface area contributed by atoms with Gasteiger partial charge in [0, 0.05) is 24.5 Å². The van der Waals surface area contributed by atoms with Gasteiger partial charge in [0.05, 0.1) is 17.1 Å². The molecule has 1 aliphatic heterocycles. The van der Waals surface area contributed by atoms with Crippen molar-refractivity contribution in [2.24, 2.45) is 23.5 Å². The molecule has 32 heavy (non-hydrogen) atoms. The third kappa shape index (κ3) is 4.73. The smallest absolute Gasteiger partial charge is 0.263 e. The predicted molar refractivity (Wildman–Crippen MR) is 129 cm³/mol. The summed E-state index contributed by atoms with van der Waals surface area (Å²) in [4.78, 5) is 46.6. The number of fused-ring (bicyclic) bond motifs is 3. The van der Waals surface area contributed by atoms with Crippen LogP contribution in [0.2, 0.25) is 0 Å². The molecule has 3 heterocycles. The lowest BCUT2D eigenvalue weighted by molar-refractivity contribution is -0.132. The van der Waals surface area contributed by atoms with Crippen molar-refractivity contribution in [1.29, 1.82) is 0 Å². The van der Waals surface area contributed by atoms with Crippen LogP contribution in [0.15, 0.2) is 9.95 Å². The molecule has 1 aliphatic carbocycles. The van der Waals surface area contributed by atoms with E-state index in [9.17, 15) is 14.4 Å². The van der Waals surface area contributed by atoms with Gasteiger partial charge in [-0.15, -0.1) is 11.3 Å². The number of likely N-dealkylation sites (tertiary alicyclic amines) is 1. The van der Waals surface area contributed by atoms with Crippen molar-refractivity contribution in [2.45, 2.75) is 64.6 Å². The highest BCUT2D eigenvalue weighted by molar-refractivity contribution is 7.99. The third-order valence-corrected chi connectivity index (χ3v) is 8.54. The zero-order valence-electron chi connectivity index (χ0n) is 19.1. The van der Waals surface area contributed by atoms with Crippen LogP contribution in [-0.2, 0) is 29.0 Å². The number of nitrogens with zero attached hydrogens (tertiary/aromatic N) is 3. The van der Waals surface area contributed by atoms with Gasteiger partial charge in [0.25, 0.3) is 5.56 Å². The molecule has 0 bridgehead atoms. The van der Waals surface area contributed by atoms with Crippen LogP contribution in [0.3, 0.4) is 0 Å². The molecule has 9 heteroatoms. The Morgan fingerprint density at radius 3 is 2.81 bits per heavy atom. The number of carbonyl (C=O) groups excluding carboxylic acids is 2. The summed E-state index contributed by atoms with van der Waals surface area (Å²) in [6.45, 7) is 8.03. The highest BCUT2D eigenvalue weighted by Crippen LogP contribution is 2.36. The van der Waals surface area contributed by atoms with Crippen molar-refractivity contribution in [3.05, 3.63) is 20.8 Å². The van der Waals surface area contributed by atoms with Crippen LogP contribution in [0.4, 0.5) is 0 Å². The van der Waals surface area contributed by atoms with E-state index in [2.05, 4.69) is 20.8 Å². The van der Waals surface area contributed by atoms with E-state index in [0.717, 1.165) is 42.3 Å². The van der Waals surface area contributed by atoms with Gasteiger partial charge in [-0.1, -0.05) is 32.5 Å². The highest BCUT2D eigenvalue weighted by Gasteiger charge is 2.28. The van der Waals surface area contributed by atoms with E-state index in [1.165, 1.54) is 22.2 Å². The van der Waals surface area contributed by atoms with Crippen molar-refractivity contribution in [3.63, 3.8) is 0 Å². The number of amides is 2. The van der Waals surface area contributed by atoms with Crippen LogP contribution in [0.1, 0.15) is 50.5 Å². The molecule has 0 spiro atoms. The molecule has 0 aromatic carbocycles. The van der Waals surface area contributed by atoms with Crippen LogP contribution >= 0.6 is 23.1 Å². The quantitative estimate of drug-likeness (QED) is 0.510. The first-order valence-corrected chi connectivity index (χ1v) is 13.3. The van der Waals surface area contributed by atoms with Gasteiger partial charge >= 0.3 is 0 Å². The van der Waals surface area contributed by atoms with Crippen LogP contribution in [0.25, 0.3) is 10.2 Å². The second kappa shape index (κ2) is 9.55. The standard InChI is InChI=1S/C23H32N4O3S2/c1-13(2)10-27-22(30)19-16-7-6-14(3)9-17(16)32-21(19)25-23(27)31-12-18(28)26-8-4-5-15(11-26)20(24)29/h13-15H,4-12H2,1-3H3,(H2,24,29). The maximum absolute atomic E-state index is 13.5. The van der Waals surface area contributed by atoms with Crippen LogP contribution in [-0.4, -0.2) is 45.1 Å². The minimum Gasteiger partial charge on any atom is -0.369 e. The van der Waals surface area contributed by atoms with E-state index in [4.69, 9.17) is 10.7 Å². The van der Waals surface area contributed by atoms with Crippen LogP contribution in [0.5, 0.6) is 0 Å². The summed E-state index contributed by atoms with van der Waals surface area (Å²) >= 11 is 2.97. The summed E-state index contributed by atoms with van der Waals surface area (Å²) < 4.78 is 1.76. The van der Waals surface area contributed by atoms with Crippen LogP contribution < -0.4 is 11.3 Å². The van der Waals surface area contributed by atoms with Crippen molar-refractivity contribution in [2.75, 3.05) is 18.8 Å². The van der Waals surface area contributed by atoms with Gasteiger partial charge in [-0.2, -0.15) is 0 Å². The fraction of sp³-hybridized carbons (Fsp3) is 0.652. The van der Waals surface area contributed by atoms with Gasteiger partial charge < -0.3 is 10.6 Å². The summed E-state index contributed by atoms with van der Waals surface area (Å²) in [7, 11) is 0. The minimum absolute atomic E-state index is 0.0254. The van der Waals surface area contributed by atoms with E-state index >= 15 is 0 Å². The molecule has 4 rings (SSSR count). The van der Waals surface area contributed by atoms with Crippen molar-refractivity contribution >= 4 is 45.1 Å². The number of thioether (sulfide) groups is 1. The largest absolute Gasteiger partial charge is 0.369 e. The second-order valence-electron chi connectivity index (χ2n) is 9.61. The van der Waals surface area contributed by atoms with Gasteiger partial charge in [0.2, 0.25) is 11.8 Å². The number of thiophene rings is 1. The zero-order chi connectivity index (χ0) is 23.0. The van der Waals surface area contributed by atoms with Crippen molar-refractivity contribution in [1.82, 2.24) is 14.5 Å². The Balaban J connectivity index is 1.60. The molecular formula is C23H32N4O3S2. The molecule has 1 saturated heterocycles. The summed E-state index contributed by atoms with van der Waals surface area (Å²) in [6, 6.07) is 0. The Kier molecular flexibility index (Phi) is 6.95. The zero-order valence-corrected chi connectivity index (χ0v) is 20.7. The summed E-state index contributed by atoms with van der Waals surface area (Å²) in [6.07, 6.45) is 4.58. The molecule has 2 aliphatic rings. The molecule has 2 N–H and O–H groups in total. The monoisotopic (exact) mass is 476 g/mol. The van der Waals surface area contributed by atoms with E-state index in [-0.39, 0.29) is 35.0 Å². The van der Waals surface area contributed by atoms with Crippen LogP contribution in [0, 0.1) is 17.8 Å².